The molecule has 3 aromatic rings. The van der Waals surface area contributed by atoms with Crippen molar-refractivity contribution in [1.29, 1.82) is 0 Å². The lowest BCUT2D eigenvalue weighted by molar-refractivity contribution is 0.246. The number of nitrogens with one attached hydrogen (secondary N) is 2. The van der Waals surface area contributed by atoms with Crippen LogP contribution in [-0.2, 0) is 14.1 Å². The molecule has 2 amide bonds. The van der Waals surface area contributed by atoms with Gasteiger partial charge in [-0.3, -0.25) is 4.57 Å². The smallest absolute Gasteiger partial charge is 0.408 e. The van der Waals surface area contributed by atoms with E-state index in [1.807, 2.05) is 17.8 Å². The van der Waals surface area contributed by atoms with Crippen LogP contribution in [-0.4, -0.2) is 20.1 Å². The van der Waals surface area contributed by atoms with E-state index in [-0.39, 0.29) is 12.1 Å². The molecule has 1 fully saturated rings. The van der Waals surface area contributed by atoms with Crippen LogP contribution in [0, 0.1) is 5.92 Å². The molecule has 0 unspecified atom stereocenters. The Morgan fingerprint density at radius 1 is 1.36 bits per heavy atom. The lowest BCUT2D eigenvalue weighted by Crippen LogP contribution is -2.35. The van der Waals surface area contributed by atoms with Crippen LogP contribution in [0.25, 0.3) is 11.1 Å². The molecule has 0 saturated heterocycles. The Labute approximate surface area is 143 Å². The van der Waals surface area contributed by atoms with E-state index < -0.39 is 5.76 Å². The number of benzene rings is 1. The van der Waals surface area contributed by atoms with Gasteiger partial charge in [-0.05, 0) is 30.9 Å². The number of urea groups is 1. The molecule has 1 aliphatic rings. The van der Waals surface area contributed by atoms with Crippen molar-refractivity contribution in [3.63, 3.8) is 0 Å². The molecule has 130 valence electrons. The van der Waals surface area contributed by atoms with Crippen molar-refractivity contribution in [2.45, 2.75) is 18.9 Å². The van der Waals surface area contributed by atoms with E-state index in [4.69, 9.17) is 4.42 Å². The Morgan fingerprint density at radius 2 is 2.16 bits per heavy atom. The third-order valence-electron chi connectivity index (χ3n) is 4.57. The van der Waals surface area contributed by atoms with Crippen molar-refractivity contribution in [2.24, 2.45) is 20.0 Å². The summed E-state index contributed by atoms with van der Waals surface area (Å²) in [7, 11) is 3.56. The second-order valence-corrected chi connectivity index (χ2v) is 6.42. The quantitative estimate of drug-likeness (QED) is 0.760. The minimum absolute atomic E-state index is 0.113. The summed E-state index contributed by atoms with van der Waals surface area (Å²) in [4.78, 5) is 28.3. The molecule has 0 spiro atoms. The van der Waals surface area contributed by atoms with Crippen molar-refractivity contribution in [3.05, 3.63) is 47.0 Å². The molecule has 0 aliphatic heterocycles. The summed E-state index contributed by atoms with van der Waals surface area (Å²) >= 11 is 0. The van der Waals surface area contributed by atoms with E-state index in [0.717, 1.165) is 18.7 Å². The monoisotopic (exact) mass is 341 g/mol. The van der Waals surface area contributed by atoms with Crippen molar-refractivity contribution in [2.75, 3.05) is 5.32 Å². The van der Waals surface area contributed by atoms with Gasteiger partial charge in [0.2, 0.25) is 0 Å². The van der Waals surface area contributed by atoms with Gasteiger partial charge in [0.15, 0.2) is 5.58 Å². The first-order valence-electron chi connectivity index (χ1n) is 8.17. The predicted octanol–water partition coefficient (Wildman–Crippen LogP) is 2.14. The Balaban J connectivity index is 1.51. The van der Waals surface area contributed by atoms with Gasteiger partial charge in [0.25, 0.3) is 0 Å². The molecule has 2 heterocycles. The number of hydrogen-bond donors (Lipinski definition) is 2. The summed E-state index contributed by atoms with van der Waals surface area (Å²) in [5.74, 6) is 0.837. The van der Waals surface area contributed by atoms with Crippen LogP contribution in [0.3, 0.4) is 0 Å². The highest BCUT2D eigenvalue weighted by atomic mass is 16.4. The van der Waals surface area contributed by atoms with Crippen molar-refractivity contribution >= 4 is 22.8 Å². The number of hydrogen-bond acceptors (Lipinski definition) is 4. The highest BCUT2D eigenvalue weighted by Gasteiger charge is 2.35. The molecule has 1 atom stereocenters. The van der Waals surface area contributed by atoms with Crippen LogP contribution in [0.2, 0.25) is 0 Å². The molecule has 2 N–H and O–H groups in total. The highest BCUT2D eigenvalue weighted by molar-refractivity contribution is 5.91. The van der Waals surface area contributed by atoms with Crippen molar-refractivity contribution in [3.8, 4) is 0 Å². The number of imidazole rings is 1. The van der Waals surface area contributed by atoms with Crippen LogP contribution < -0.4 is 16.4 Å². The fourth-order valence-electron chi connectivity index (χ4n) is 3.02. The van der Waals surface area contributed by atoms with Crippen LogP contribution >= 0.6 is 0 Å². The molecule has 25 heavy (non-hydrogen) atoms. The first kappa shape index (κ1) is 15.5. The SMILES string of the molecule is Cn1ccnc1[C@@H](NC(=O)Nc1ccc2c(c1)oc(=O)n2C)C1CC1. The van der Waals surface area contributed by atoms with E-state index >= 15 is 0 Å². The normalized spacial score (nSPS) is 15.3. The summed E-state index contributed by atoms with van der Waals surface area (Å²) in [5, 5.41) is 5.80. The number of aryl methyl sites for hydroxylation is 2. The molecule has 0 radical (unpaired) electrons. The molecule has 1 aliphatic carbocycles. The summed E-state index contributed by atoms with van der Waals surface area (Å²) in [5.41, 5.74) is 1.68. The molecule has 8 heteroatoms. The average molecular weight is 341 g/mol. The van der Waals surface area contributed by atoms with Gasteiger partial charge in [-0.1, -0.05) is 0 Å². The summed E-state index contributed by atoms with van der Waals surface area (Å²) in [6.07, 6.45) is 5.77. The lowest BCUT2D eigenvalue weighted by atomic mass is 10.1. The van der Waals surface area contributed by atoms with Gasteiger partial charge in [-0.25, -0.2) is 14.6 Å². The summed E-state index contributed by atoms with van der Waals surface area (Å²) in [6.45, 7) is 0. The number of fused-ring (bicyclic) bond motifs is 1. The van der Waals surface area contributed by atoms with E-state index in [1.54, 1.807) is 31.4 Å². The summed E-state index contributed by atoms with van der Waals surface area (Å²) in [6, 6.07) is 4.70. The van der Waals surface area contributed by atoms with Crippen molar-refractivity contribution < 1.29 is 9.21 Å². The van der Waals surface area contributed by atoms with Gasteiger partial charge in [0, 0.05) is 38.2 Å². The number of oxazole rings is 1. The lowest BCUT2D eigenvalue weighted by Gasteiger charge is -2.18. The van der Waals surface area contributed by atoms with Crippen LogP contribution in [0.4, 0.5) is 10.5 Å². The maximum atomic E-state index is 12.4. The molecular weight excluding hydrogens is 322 g/mol. The zero-order chi connectivity index (χ0) is 17.6. The maximum absolute atomic E-state index is 12.4. The van der Waals surface area contributed by atoms with Gasteiger partial charge in [0.1, 0.15) is 5.82 Å². The van der Waals surface area contributed by atoms with Crippen molar-refractivity contribution in [1.82, 2.24) is 19.4 Å². The Morgan fingerprint density at radius 3 is 2.84 bits per heavy atom. The molecule has 1 saturated carbocycles. The van der Waals surface area contributed by atoms with E-state index in [1.165, 1.54) is 4.57 Å². The molecule has 1 aromatic carbocycles. The minimum atomic E-state index is -0.430. The number of carbonyl (C=O) groups excluding carboxylic acids is 1. The van der Waals surface area contributed by atoms with E-state index in [2.05, 4.69) is 15.6 Å². The standard InChI is InChI=1S/C17H19N5O3/c1-21-8-7-18-15(21)14(10-3-4-10)20-16(23)19-11-5-6-12-13(9-11)25-17(24)22(12)2/h5-10,14H,3-4H2,1-2H3,(H2,19,20,23)/t14-/m0/s1. The van der Waals surface area contributed by atoms with Gasteiger partial charge >= 0.3 is 11.8 Å². The fraction of sp³-hybridized carbons (Fsp3) is 0.353. The predicted molar refractivity (Wildman–Crippen MR) is 92.3 cm³/mol. The first-order valence-corrected chi connectivity index (χ1v) is 8.17. The average Bonchev–Trinajstić information content (AvgIpc) is 3.27. The third-order valence-corrected chi connectivity index (χ3v) is 4.57. The van der Waals surface area contributed by atoms with Crippen LogP contribution in [0.15, 0.2) is 39.8 Å². The Kier molecular flexibility index (Phi) is 3.60. The number of carbonyl (C=O) groups is 1. The molecule has 2 aromatic heterocycles. The molecule has 0 bridgehead atoms. The van der Waals surface area contributed by atoms with Crippen LogP contribution in [0.1, 0.15) is 24.7 Å². The largest absolute Gasteiger partial charge is 0.419 e. The fourth-order valence-corrected chi connectivity index (χ4v) is 3.02. The second kappa shape index (κ2) is 5.80. The van der Waals surface area contributed by atoms with Crippen LogP contribution in [0.5, 0.6) is 0 Å². The number of aromatic nitrogens is 3. The number of rotatable bonds is 4. The first-order chi connectivity index (χ1) is 12.0. The molecule has 4 rings (SSSR count). The van der Waals surface area contributed by atoms with Gasteiger partial charge in [0.05, 0.1) is 11.6 Å². The number of amides is 2. The minimum Gasteiger partial charge on any atom is -0.408 e. The highest BCUT2D eigenvalue weighted by Crippen LogP contribution is 2.40. The maximum Gasteiger partial charge on any atom is 0.419 e. The van der Waals surface area contributed by atoms with Gasteiger partial charge in [-0.2, -0.15) is 0 Å². The molecule has 8 nitrogen and oxygen atoms in total. The number of nitrogens with zero attached hydrogens (tertiary/aromatic N) is 3. The Bertz CT molecular complexity index is 995. The van der Waals surface area contributed by atoms with E-state index in [9.17, 15) is 9.59 Å². The Hall–Kier alpha value is -3.03. The third kappa shape index (κ3) is 2.90. The van der Waals surface area contributed by atoms with Gasteiger partial charge in [-0.15, -0.1) is 0 Å². The second-order valence-electron chi connectivity index (χ2n) is 6.42. The number of anilines is 1. The summed E-state index contributed by atoms with van der Waals surface area (Å²) < 4.78 is 8.49. The van der Waals surface area contributed by atoms with Gasteiger partial charge < -0.3 is 19.6 Å². The zero-order valence-electron chi connectivity index (χ0n) is 14.0. The topological polar surface area (TPSA) is 94.1 Å². The molecular formula is C17H19N5O3. The zero-order valence-corrected chi connectivity index (χ0v) is 14.0. The van der Waals surface area contributed by atoms with E-state index in [0.29, 0.717) is 22.7 Å².